The summed E-state index contributed by atoms with van der Waals surface area (Å²) in [4.78, 5) is 23.8. The molecule has 0 aliphatic heterocycles. The highest BCUT2D eigenvalue weighted by atomic mass is 32.1. The minimum atomic E-state index is -0.517. The van der Waals surface area contributed by atoms with E-state index in [1.54, 1.807) is 30.3 Å². The molecule has 2 amide bonds. The Morgan fingerprint density at radius 1 is 1.17 bits per heavy atom. The van der Waals surface area contributed by atoms with E-state index in [0.717, 1.165) is 0 Å². The van der Waals surface area contributed by atoms with Crippen LogP contribution in [0.5, 0.6) is 5.75 Å². The second-order valence-electron chi connectivity index (χ2n) is 4.27. The lowest BCUT2D eigenvalue weighted by Gasteiger charge is -2.12. The molecule has 7 nitrogen and oxygen atoms in total. The first-order valence-corrected chi connectivity index (χ1v) is 7.19. The first-order valence-electron chi connectivity index (χ1n) is 6.78. The number of nitrogens with one attached hydrogen (secondary N) is 3. The van der Waals surface area contributed by atoms with Crippen molar-refractivity contribution in [3.05, 3.63) is 54.0 Å². The van der Waals surface area contributed by atoms with Crippen LogP contribution in [-0.4, -0.2) is 23.5 Å². The van der Waals surface area contributed by atoms with Gasteiger partial charge in [0.25, 0.3) is 11.8 Å². The second-order valence-corrected chi connectivity index (χ2v) is 4.68. The maximum absolute atomic E-state index is 12.1. The zero-order chi connectivity index (χ0) is 16.7. The van der Waals surface area contributed by atoms with Gasteiger partial charge in [-0.05, 0) is 43.4 Å². The molecule has 3 N–H and O–H groups in total. The van der Waals surface area contributed by atoms with Gasteiger partial charge in [0.2, 0.25) is 0 Å². The molecule has 0 fully saturated rings. The van der Waals surface area contributed by atoms with Crippen molar-refractivity contribution in [2.75, 3.05) is 6.61 Å². The standard InChI is InChI=1S/C15H15N3O4S.3H2/c1-2-21-11-7-4-3-6-10(11)13(19)17-18-15(23)16-14(20)12-8-5-9-22-12;;;/h3-9H,2H2,1H3,(H,17,19)(H2,16,18,20,23);3*1H. The van der Waals surface area contributed by atoms with Crippen LogP contribution in [0, 0.1) is 0 Å². The molecule has 2 aromatic rings. The average Bonchev–Trinajstić information content (AvgIpc) is 3.08. The Balaban J connectivity index is 0. The zero-order valence-electron chi connectivity index (χ0n) is 12.3. The number of hydrogen-bond donors (Lipinski definition) is 3. The number of hydrazine groups is 1. The summed E-state index contributed by atoms with van der Waals surface area (Å²) in [7, 11) is 0. The number of para-hydroxylation sites is 1. The smallest absolute Gasteiger partial charge is 0.293 e. The van der Waals surface area contributed by atoms with Gasteiger partial charge in [-0.25, -0.2) is 0 Å². The van der Waals surface area contributed by atoms with Crippen LogP contribution < -0.4 is 20.9 Å². The van der Waals surface area contributed by atoms with Gasteiger partial charge in [0.1, 0.15) is 5.75 Å². The van der Waals surface area contributed by atoms with E-state index in [1.165, 1.54) is 12.3 Å². The van der Waals surface area contributed by atoms with E-state index in [-0.39, 0.29) is 15.2 Å². The van der Waals surface area contributed by atoms with E-state index in [0.29, 0.717) is 17.9 Å². The van der Waals surface area contributed by atoms with Crippen molar-refractivity contribution in [1.29, 1.82) is 0 Å². The molecule has 23 heavy (non-hydrogen) atoms. The van der Waals surface area contributed by atoms with Gasteiger partial charge in [-0.3, -0.25) is 25.8 Å². The van der Waals surface area contributed by atoms with E-state index in [4.69, 9.17) is 21.4 Å². The third kappa shape index (κ3) is 4.55. The van der Waals surface area contributed by atoms with Crippen LogP contribution >= 0.6 is 12.2 Å². The highest BCUT2D eigenvalue weighted by molar-refractivity contribution is 7.80. The first kappa shape index (κ1) is 16.5. The Bertz CT molecular complexity index is 714. The van der Waals surface area contributed by atoms with Gasteiger partial charge in [0.15, 0.2) is 10.9 Å². The van der Waals surface area contributed by atoms with E-state index < -0.39 is 11.8 Å². The molecule has 0 aliphatic carbocycles. The van der Waals surface area contributed by atoms with Crippen molar-refractivity contribution < 1.29 is 23.0 Å². The van der Waals surface area contributed by atoms with Crippen molar-refractivity contribution in [3.8, 4) is 5.75 Å². The number of carbonyl (C=O) groups excluding carboxylic acids is 2. The summed E-state index contributed by atoms with van der Waals surface area (Å²) in [5, 5.41) is 2.31. The maximum atomic E-state index is 12.1. The summed E-state index contributed by atoms with van der Waals surface area (Å²) < 4.78 is 10.3. The largest absolute Gasteiger partial charge is 0.493 e. The molecular weight excluding hydrogens is 318 g/mol. The number of ether oxygens (including phenoxy) is 1. The number of furan rings is 1. The van der Waals surface area contributed by atoms with Crippen molar-refractivity contribution in [3.63, 3.8) is 0 Å². The molecule has 0 spiro atoms. The highest BCUT2D eigenvalue weighted by Crippen LogP contribution is 2.17. The Hall–Kier alpha value is -2.87. The number of amides is 2. The highest BCUT2D eigenvalue weighted by Gasteiger charge is 2.13. The van der Waals surface area contributed by atoms with Gasteiger partial charge in [0, 0.05) is 4.28 Å². The zero-order valence-corrected chi connectivity index (χ0v) is 13.1. The Morgan fingerprint density at radius 3 is 2.65 bits per heavy atom. The van der Waals surface area contributed by atoms with Crippen LogP contribution in [0.3, 0.4) is 0 Å². The Labute approximate surface area is 142 Å². The molecule has 126 valence electrons. The number of benzene rings is 1. The van der Waals surface area contributed by atoms with Crippen molar-refractivity contribution in [2.24, 2.45) is 0 Å². The SMILES string of the molecule is CCOc1ccccc1C(=O)NNC(=S)NC(=O)c1ccco1.[HH].[HH].[HH]. The predicted molar refractivity (Wildman–Crippen MR) is 93.3 cm³/mol. The normalized spacial score (nSPS) is 9.78. The summed E-state index contributed by atoms with van der Waals surface area (Å²) in [6.07, 6.45) is 1.37. The fourth-order valence-corrected chi connectivity index (χ4v) is 1.86. The summed E-state index contributed by atoms with van der Waals surface area (Å²) in [5.41, 5.74) is 5.19. The average molecular weight is 339 g/mol. The minimum absolute atomic E-state index is 0. The van der Waals surface area contributed by atoms with Gasteiger partial charge in [0.05, 0.1) is 18.4 Å². The quantitative estimate of drug-likeness (QED) is 0.585. The second kappa shape index (κ2) is 7.95. The Kier molecular flexibility index (Phi) is 5.70. The molecular formula is C15H21N3O4S. The van der Waals surface area contributed by atoms with Crippen molar-refractivity contribution in [2.45, 2.75) is 6.92 Å². The molecule has 1 aromatic heterocycles. The van der Waals surface area contributed by atoms with Crippen LogP contribution in [0.1, 0.15) is 32.1 Å². The van der Waals surface area contributed by atoms with Crippen LogP contribution in [0.2, 0.25) is 0 Å². The number of carbonyl (C=O) groups is 2. The van der Waals surface area contributed by atoms with Crippen LogP contribution in [0.4, 0.5) is 0 Å². The lowest BCUT2D eigenvalue weighted by Crippen LogP contribution is -2.48. The van der Waals surface area contributed by atoms with Gasteiger partial charge in [-0.15, -0.1) is 0 Å². The summed E-state index contributed by atoms with van der Waals surface area (Å²) in [5.74, 6) is -0.387. The fourth-order valence-electron chi connectivity index (χ4n) is 1.72. The van der Waals surface area contributed by atoms with Gasteiger partial charge in [-0.2, -0.15) is 0 Å². The predicted octanol–water partition coefficient (Wildman–Crippen LogP) is 2.37. The minimum Gasteiger partial charge on any atom is -0.493 e. The number of hydrogen-bond acceptors (Lipinski definition) is 5. The Morgan fingerprint density at radius 2 is 1.96 bits per heavy atom. The summed E-state index contributed by atoms with van der Waals surface area (Å²) in [6, 6.07) is 9.87. The summed E-state index contributed by atoms with van der Waals surface area (Å²) in [6.45, 7) is 2.27. The molecule has 0 bridgehead atoms. The fraction of sp³-hybridized carbons (Fsp3) is 0.133. The molecule has 0 radical (unpaired) electrons. The summed E-state index contributed by atoms with van der Waals surface area (Å²) >= 11 is 4.93. The van der Waals surface area contributed by atoms with E-state index in [1.807, 2.05) is 6.92 Å². The third-order valence-electron chi connectivity index (χ3n) is 2.69. The van der Waals surface area contributed by atoms with Gasteiger partial charge in [-0.1, -0.05) is 12.1 Å². The van der Waals surface area contributed by atoms with Crippen molar-refractivity contribution >= 4 is 29.1 Å². The van der Waals surface area contributed by atoms with E-state index in [9.17, 15) is 9.59 Å². The van der Waals surface area contributed by atoms with Gasteiger partial charge >= 0.3 is 0 Å². The van der Waals surface area contributed by atoms with Crippen LogP contribution in [-0.2, 0) is 0 Å². The molecule has 0 saturated carbocycles. The van der Waals surface area contributed by atoms with E-state index >= 15 is 0 Å². The lowest BCUT2D eigenvalue weighted by molar-refractivity contribution is 0.0924. The molecule has 0 unspecified atom stereocenters. The number of rotatable bonds is 4. The van der Waals surface area contributed by atoms with E-state index in [2.05, 4.69) is 16.2 Å². The van der Waals surface area contributed by atoms with Crippen LogP contribution in [0.15, 0.2) is 47.1 Å². The maximum Gasteiger partial charge on any atom is 0.293 e. The topological polar surface area (TPSA) is 92.6 Å². The monoisotopic (exact) mass is 339 g/mol. The lowest BCUT2D eigenvalue weighted by atomic mass is 10.2. The molecule has 8 heteroatoms. The van der Waals surface area contributed by atoms with Gasteiger partial charge < -0.3 is 9.15 Å². The molecule has 1 aromatic carbocycles. The van der Waals surface area contributed by atoms with Crippen molar-refractivity contribution in [1.82, 2.24) is 16.2 Å². The molecule has 2 rings (SSSR count). The molecule has 0 aliphatic rings. The first-order chi connectivity index (χ1) is 11.1. The third-order valence-corrected chi connectivity index (χ3v) is 2.90. The molecule has 0 saturated heterocycles. The molecule has 0 atom stereocenters. The van der Waals surface area contributed by atoms with Crippen LogP contribution in [0.25, 0.3) is 0 Å². The molecule has 1 heterocycles. The number of thiocarbonyl (C=S) groups is 1.